The zero-order valence-corrected chi connectivity index (χ0v) is 16.5. The zero-order valence-electron chi connectivity index (χ0n) is 16.5. The molecule has 2 aliphatic rings. The molecule has 0 aliphatic carbocycles. The highest BCUT2D eigenvalue weighted by Crippen LogP contribution is 2.39. The van der Waals surface area contributed by atoms with Gasteiger partial charge < -0.3 is 20.1 Å². The highest BCUT2D eigenvalue weighted by Gasteiger charge is 2.50. The summed E-state index contributed by atoms with van der Waals surface area (Å²) < 4.78 is 25.5. The highest BCUT2D eigenvalue weighted by molar-refractivity contribution is 6.00. The Morgan fingerprint density at radius 1 is 1.27 bits per heavy atom. The number of carbonyl (C=O) groups excluding carboxylic acids is 1. The molecule has 2 aromatic carbocycles. The number of nitrogens with one attached hydrogen (secondary N) is 2. The van der Waals surface area contributed by atoms with Crippen LogP contribution in [0.25, 0.3) is 10.9 Å². The maximum Gasteiger partial charge on any atom is 0.415 e. The lowest BCUT2D eigenvalue weighted by atomic mass is 9.97. The van der Waals surface area contributed by atoms with E-state index in [2.05, 4.69) is 20.6 Å². The van der Waals surface area contributed by atoms with Gasteiger partial charge in [0.25, 0.3) is 0 Å². The van der Waals surface area contributed by atoms with Crippen LogP contribution in [0.4, 0.5) is 26.4 Å². The molecule has 1 aromatic heterocycles. The van der Waals surface area contributed by atoms with Crippen LogP contribution in [0.5, 0.6) is 5.75 Å². The first-order chi connectivity index (χ1) is 14.5. The molecule has 0 unspecified atom stereocenters. The summed E-state index contributed by atoms with van der Waals surface area (Å²) >= 11 is 0. The van der Waals surface area contributed by atoms with E-state index in [9.17, 15) is 9.18 Å². The van der Waals surface area contributed by atoms with Crippen LogP contribution in [-0.4, -0.2) is 48.4 Å². The van der Waals surface area contributed by atoms with Gasteiger partial charge in [0.05, 0.1) is 30.5 Å². The summed E-state index contributed by atoms with van der Waals surface area (Å²) in [6, 6.07) is 8.44. The van der Waals surface area contributed by atoms with Crippen molar-refractivity contribution in [3.8, 4) is 5.75 Å². The van der Waals surface area contributed by atoms with Crippen LogP contribution in [0, 0.1) is 12.7 Å². The largest absolute Gasteiger partial charge is 0.494 e. The number of hydrogen-bond donors (Lipinski definition) is 2. The van der Waals surface area contributed by atoms with E-state index in [0.29, 0.717) is 53.5 Å². The molecule has 1 amide bonds. The predicted octanol–water partition coefficient (Wildman–Crippen LogP) is 3.13. The molecule has 1 spiro atoms. The van der Waals surface area contributed by atoms with Crippen LogP contribution in [0.1, 0.15) is 5.56 Å². The average Bonchev–Trinajstić information content (AvgIpc) is 3.07. The van der Waals surface area contributed by atoms with Crippen LogP contribution in [0.15, 0.2) is 36.7 Å². The second-order valence-electron chi connectivity index (χ2n) is 7.61. The number of ether oxygens (including phenoxy) is 2. The van der Waals surface area contributed by atoms with E-state index in [1.165, 1.54) is 19.5 Å². The first-order valence-corrected chi connectivity index (χ1v) is 9.55. The quantitative estimate of drug-likeness (QED) is 0.684. The van der Waals surface area contributed by atoms with Crippen molar-refractivity contribution >= 4 is 34.2 Å². The van der Waals surface area contributed by atoms with Gasteiger partial charge in [-0.2, -0.15) is 0 Å². The Morgan fingerprint density at radius 2 is 2.10 bits per heavy atom. The van der Waals surface area contributed by atoms with E-state index in [4.69, 9.17) is 9.47 Å². The molecule has 0 atom stereocenters. The van der Waals surface area contributed by atoms with Crippen LogP contribution in [0.2, 0.25) is 0 Å². The number of amides is 1. The Morgan fingerprint density at radius 3 is 2.77 bits per heavy atom. The Kier molecular flexibility index (Phi) is 4.21. The smallest absolute Gasteiger partial charge is 0.415 e. The van der Waals surface area contributed by atoms with Gasteiger partial charge >= 0.3 is 6.09 Å². The first-order valence-electron chi connectivity index (χ1n) is 9.55. The highest BCUT2D eigenvalue weighted by atomic mass is 19.1. The molecule has 2 aliphatic heterocycles. The third kappa shape index (κ3) is 2.98. The van der Waals surface area contributed by atoms with Crippen molar-refractivity contribution in [1.29, 1.82) is 0 Å². The molecular formula is C21H20FN5O3. The van der Waals surface area contributed by atoms with Gasteiger partial charge in [0.15, 0.2) is 5.60 Å². The SMILES string of the molecule is COc1cc2ncnc(Nc3ccc(C)cc3F)c2cc1N1CC2(CNC2)OC1=O. The summed E-state index contributed by atoms with van der Waals surface area (Å²) in [6.45, 7) is 3.48. The van der Waals surface area contributed by atoms with Gasteiger partial charge in [-0.15, -0.1) is 0 Å². The van der Waals surface area contributed by atoms with Crippen molar-refractivity contribution in [3.05, 3.63) is 48.0 Å². The van der Waals surface area contributed by atoms with Crippen molar-refractivity contribution in [1.82, 2.24) is 15.3 Å². The van der Waals surface area contributed by atoms with Crippen LogP contribution < -0.4 is 20.3 Å². The minimum atomic E-state index is -0.504. The summed E-state index contributed by atoms with van der Waals surface area (Å²) in [5, 5.41) is 6.81. The fourth-order valence-electron chi connectivity index (χ4n) is 3.79. The number of anilines is 3. The fourth-order valence-corrected chi connectivity index (χ4v) is 3.79. The molecular weight excluding hydrogens is 389 g/mol. The molecule has 9 heteroatoms. The average molecular weight is 409 g/mol. The molecule has 5 rings (SSSR count). The van der Waals surface area contributed by atoms with E-state index in [1.807, 2.05) is 13.0 Å². The maximum absolute atomic E-state index is 14.4. The molecule has 3 aromatic rings. The van der Waals surface area contributed by atoms with Gasteiger partial charge in [0.1, 0.15) is 23.7 Å². The van der Waals surface area contributed by atoms with Gasteiger partial charge in [0, 0.05) is 24.5 Å². The lowest BCUT2D eigenvalue weighted by molar-refractivity contribution is 0.0142. The van der Waals surface area contributed by atoms with Gasteiger partial charge in [-0.25, -0.2) is 19.2 Å². The van der Waals surface area contributed by atoms with Crippen molar-refractivity contribution < 1.29 is 18.7 Å². The Bertz CT molecular complexity index is 1160. The third-order valence-corrected chi connectivity index (χ3v) is 5.47. The number of benzene rings is 2. The lowest BCUT2D eigenvalue weighted by Gasteiger charge is -2.36. The number of carbonyl (C=O) groups is 1. The number of aryl methyl sites for hydroxylation is 1. The number of aromatic nitrogens is 2. The molecule has 3 heterocycles. The summed E-state index contributed by atoms with van der Waals surface area (Å²) in [4.78, 5) is 22.7. The molecule has 2 fully saturated rings. The van der Waals surface area contributed by atoms with E-state index in [1.54, 1.807) is 23.1 Å². The van der Waals surface area contributed by atoms with Crippen molar-refractivity contribution in [2.75, 3.05) is 37.0 Å². The minimum absolute atomic E-state index is 0.304. The summed E-state index contributed by atoms with van der Waals surface area (Å²) in [7, 11) is 1.54. The summed E-state index contributed by atoms with van der Waals surface area (Å²) in [5.41, 5.74) is 1.79. The van der Waals surface area contributed by atoms with Crippen molar-refractivity contribution in [3.63, 3.8) is 0 Å². The number of fused-ring (bicyclic) bond motifs is 1. The standard InChI is InChI=1S/C21H20FN5O3/c1-12-3-4-15(14(22)5-12)26-19-13-6-17(18(29-2)7-16(13)24-11-25-19)27-10-21(8-23-9-21)30-20(27)28/h3-7,11,23H,8-10H2,1-2H3,(H,24,25,26). The van der Waals surface area contributed by atoms with Gasteiger partial charge in [-0.05, 0) is 30.7 Å². The van der Waals surface area contributed by atoms with Gasteiger partial charge in [-0.1, -0.05) is 6.07 Å². The predicted molar refractivity (Wildman–Crippen MR) is 110 cm³/mol. The van der Waals surface area contributed by atoms with Crippen LogP contribution in [0.3, 0.4) is 0 Å². The monoisotopic (exact) mass is 409 g/mol. The molecule has 0 radical (unpaired) electrons. The van der Waals surface area contributed by atoms with Crippen molar-refractivity contribution in [2.45, 2.75) is 12.5 Å². The normalized spacial score (nSPS) is 17.2. The second-order valence-corrected chi connectivity index (χ2v) is 7.61. The molecule has 154 valence electrons. The summed E-state index contributed by atoms with van der Waals surface area (Å²) in [5.74, 6) is 0.548. The minimum Gasteiger partial charge on any atom is -0.494 e. The molecule has 0 bridgehead atoms. The second kappa shape index (κ2) is 6.81. The van der Waals surface area contributed by atoms with E-state index in [0.717, 1.165) is 5.56 Å². The maximum atomic E-state index is 14.4. The zero-order chi connectivity index (χ0) is 20.9. The van der Waals surface area contributed by atoms with Crippen molar-refractivity contribution in [2.24, 2.45) is 0 Å². The molecule has 8 nitrogen and oxygen atoms in total. The number of halogens is 1. The lowest BCUT2D eigenvalue weighted by Crippen LogP contribution is -2.61. The van der Waals surface area contributed by atoms with Crippen LogP contribution in [-0.2, 0) is 4.74 Å². The molecule has 0 saturated carbocycles. The third-order valence-electron chi connectivity index (χ3n) is 5.47. The Hall–Kier alpha value is -3.46. The molecule has 2 saturated heterocycles. The Balaban J connectivity index is 1.58. The molecule has 2 N–H and O–H groups in total. The van der Waals surface area contributed by atoms with Crippen LogP contribution >= 0.6 is 0 Å². The van der Waals surface area contributed by atoms with E-state index < -0.39 is 11.7 Å². The van der Waals surface area contributed by atoms with Gasteiger partial charge in [0.2, 0.25) is 0 Å². The number of hydrogen-bond acceptors (Lipinski definition) is 7. The van der Waals surface area contributed by atoms with E-state index in [-0.39, 0.29) is 5.82 Å². The topological polar surface area (TPSA) is 88.6 Å². The number of rotatable bonds is 4. The van der Waals surface area contributed by atoms with E-state index >= 15 is 0 Å². The molecule has 30 heavy (non-hydrogen) atoms. The fraction of sp³-hybridized carbons (Fsp3) is 0.286. The van der Waals surface area contributed by atoms with Gasteiger partial charge in [-0.3, -0.25) is 4.90 Å². The number of methoxy groups -OCH3 is 1. The number of nitrogens with zero attached hydrogens (tertiary/aromatic N) is 3. The Labute approximate surface area is 172 Å². The summed E-state index contributed by atoms with van der Waals surface area (Å²) in [6.07, 6.45) is 0.972. The first kappa shape index (κ1) is 18.6.